The molecule has 0 spiro atoms. The molecule has 0 radical (unpaired) electrons. The summed E-state index contributed by atoms with van der Waals surface area (Å²) >= 11 is 0. The SMILES string of the molecule is C=C[C+](C)CCC=C(C)C.O=P(O)(O)OP(=O)(O)O.O=P([O-])(O)C(O)(C[n+]1cccc(Cc2ccccc2)c1)P(=O)(O)O. The van der Waals surface area contributed by atoms with E-state index in [9.17, 15) is 28.3 Å². The van der Waals surface area contributed by atoms with Crippen LogP contribution in [0.5, 0.6) is 0 Å². The van der Waals surface area contributed by atoms with Crippen LogP contribution in [-0.4, -0.2) is 44.4 Å². The molecule has 0 fully saturated rings. The second-order valence-electron chi connectivity index (χ2n) is 9.32. The summed E-state index contributed by atoms with van der Waals surface area (Å²) < 4.78 is 46.0. The lowest BCUT2D eigenvalue weighted by Gasteiger charge is -2.33. The molecule has 0 aliphatic carbocycles. The number of benzene rings is 1. The molecule has 1 aromatic heterocycles. The number of hydrogen-bond donors (Lipinski definition) is 8. The number of phosphoric acid groups is 2. The fourth-order valence-corrected chi connectivity index (χ4v) is 6.15. The van der Waals surface area contributed by atoms with E-state index in [-0.39, 0.29) is 0 Å². The third-order valence-electron chi connectivity index (χ3n) is 5.14. The van der Waals surface area contributed by atoms with Crippen LogP contribution in [0, 0.1) is 5.92 Å². The van der Waals surface area contributed by atoms with Crippen LogP contribution in [0.2, 0.25) is 0 Å². The Hall–Kier alpha value is -1.76. The van der Waals surface area contributed by atoms with Crippen LogP contribution >= 0.6 is 30.8 Å². The third kappa shape index (κ3) is 18.0. The quantitative estimate of drug-likeness (QED) is 0.0690. The van der Waals surface area contributed by atoms with Gasteiger partial charge >= 0.3 is 23.2 Å². The van der Waals surface area contributed by atoms with Gasteiger partial charge in [-0.05, 0) is 31.9 Å². The summed E-state index contributed by atoms with van der Waals surface area (Å²) in [7, 11) is -21.4. The van der Waals surface area contributed by atoms with Gasteiger partial charge in [0.05, 0.1) is 12.0 Å². The van der Waals surface area contributed by atoms with Crippen molar-refractivity contribution < 1.29 is 71.4 Å². The van der Waals surface area contributed by atoms with E-state index in [1.54, 1.807) is 12.1 Å². The van der Waals surface area contributed by atoms with Crippen molar-refractivity contribution in [1.29, 1.82) is 0 Å². The van der Waals surface area contributed by atoms with E-state index in [1.807, 2.05) is 36.4 Å². The van der Waals surface area contributed by atoms with Crippen molar-refractivity contribution in [2.24, 2.45) is 0 Å². The number of allylic oxidation sites excluding steroid dienone is 3. The highest BCUT2D eigenvalue weighted by Crippen LogP contribution is 2.65. The van der Waals surface area contributed by atoms with Gasteiger partial charge in [0.1, 0.15) is 0 Å². The average molecular weight is 688 g/mol. The summed E-state index contributed by atoms with van der Waals surface area (Å²) in [6.07, 6.45) is 9.78. The van der Waals surface area contributed by atoms with Gasteiger partial charge in [-0.2, -0.15) is 4.31 Å². The lowest BCUT2D eigenvalue weighted by atomic mass is 10.1. The molecule has 0 bridgehead atoms. The van der Waals surface area contributed by atoms with Crippen LogP contribution in [0.4, 0.5) is 0 Å². The van der Waals surface area contributed by atoms with Crippen molar-refractivity contribution in [3.05, 3.63) is 96.2 Å². The second-order valence-corrected chi connectivity index (χ2v) is 15.9. The van der Waals surface area contributed by atoms with E-state index in [0.29, 0.717) is 6.42 Å². The standard InChI is InChI=1S/C14H17NO7P2.C10H17.H4O7P2/c16-14(23(17,18)19,24(20,21)22)11-15-8-4-7-13(10-15)9-12-5-2-1-3-6-12;1-5-10(4)8-6-7-9(2)3;1-8(2,3)7-9(4,5)6/h1-8,10,16H,9,11H2,(H3-,17,18,19,20,21,22);5,7H,1,6,8H2,2-4H3;(H2,1,2,3)(H2,4,5,6)/q;+1;. The summed E-state index contributed by atoms with van der Waals surface area (Å²) in [4.78, 5) is 69.7. The fourth-order valence-electron chi connectivity index (χ4n) is 3.03. The zero-order chi connectivity index (χ0) is 33.7. The maximum atomic E-state index is 11.4. The van der Waals surface area contributed by atoms with Gasteiger partial charge < -0.3 is 48.8 Å². The van der Waals surface area contributed by atoms with Gasteiger partial charge in [0.15, 0.2) is 26.5 Å². The van der Waals surface area contributed by atoms with E-state index in [1.165, 1.54) is 23.9 Å². The van der Waals surface area contributed by atoms with Crippen molar-refractivity contribution in [2.75, 3.05) is 0 Å². The molecular formula is C24H38NO14P4+. The van der Waals surface area contributed by atoms with Gasteiger partial charge in [-0.15, -0.1) is 0 Å². The normalized spacial score (nSPS) is 14.4. The highest BCUT2D eigenvalue weighted by molar-refractivity contribution is 7.71. The first kappa shape index (κ1) is 41.2. The Kier molecular flexibility index (Phi) is 16.9. The number of hydrogen-bond acceptors (Lipinski definition) is 7. The van der Waals surface area contributed by atoms with Gasteiger partial charge in [-0.25, -0.2) is 13.7 Å². The maximum absolute atomic E-state index is 11.4. The minimum absolute atomic E-state index is 0.504. The summed E-state index contributed by atoms with van der Waals surface area (Å²) in [6.45, 7) is 9.07. The van der Waals surface area contributed by atoms with Crippen molar-refractivity contribution in [2.45, 2.75) is 51.7 Å². The first-order valence-corrected chi connectivity index (χ1v) is 18.4. The van der Waals surface area contributed by atoms with Gasteiger partial charge in [-0.3, -0.25) is 4.57 Å². The Morgan fingerprint density at radius 2 is 1.47 bits per heavy atom. The minimum Gasteiger partial charge on any atom is -0.776 e. The van der Waals surface area contributed by atoms with Gasteiger partial charge in [-0.1, -0.05) is 42.0 Å². The molecule has 2 atom stereocenters. The topological polar surface area (TPSA) is 266 Å². The predicted molar refractivity (Wildman–Crippen MR) is 156 cm³/mol. The first-order chi connectivity index (χ1) is 19.4. The molecule has 0 aliphatic heterocycles. The fraction of sp³-hybridized carbons (Fsp3) is 0.333. The van der Waals surface area contributed by atoms with Crippen molar-refractivity contribution in [3.8, 4) is 0 Å². The van der Waals surface area contributed by atoms with Crippen LogP contribution in [0.25, 0.3) is 0 Å². The average Bonchev–Trinajstić information content (AvgIpc) is 2.81. The van der Waals surface area contributed by atoms with E-state index >= 15 is 0 Å². The molecule has 1 heterocycles. The summed E-state index contributed by atoms with van der Waals surface area (Å²) in [5.41, 5.74) is 3.12. The number of pyridine rings is 1. The molecule has 19 heteroatoms. The Morgan fingerprint density at radius 1 is 0.953 bits per heavy atom. The third-order valence-corrected chi connectivity index (χ3v) is 10.5. The summed E-state index contributed by atoms with van der Waals surface area (Å²) in [5.74, 6) is 1.37. The van der Waals surface area contributed by atoms with Crippen molar-refractivity contribution in [3.63, 3.8) is 0 Å². The molecule has 0 aliphatic rings. The number of aromatic nitrogens is 1. The van der Waals surface area contributed by atoms with Gasteiger partial charge in [0.2, 0.25) is 0 Å². The Morgan fingerprint density at radius 3 is 1.86 bits per heavy atom. The zero-order valence-corrected chi connectivity index (χ0v) is 27.2. The Balaban J connectivity index is 0.000000766. The van der Waals surface area contributed by atoms with Crippen molar-refractivity contribution >= 4 is 30.8 Å². The summed E-state index contributed by atoms with van der Waals surface area (Å²) in [5, 5.41) is 6.32. The van der Waals surface area contributed by atoms with E-state index in [0.717, 1.165) is 28.5 Å². The molecule has 0 saturated heterocycles. The van der Waals surface area contributed by atoms with Gasteiger partial charge in [0.25, 0.3) is 5.08 Å². The number of aliphatic hydroxyl groups is 1. The second kappa shape index (κ2) is 17.7. The lowest BCUT2D eigenvalue weighted by Crippen LogP contribution is -2.49. The molecule has 2 rings (SSSR count). The molecule has 0 saturated carbocycles. The summed E-state index contributed by atoms with van der Waals surface area (Å²) in [6, 6.07) is 12.7. The number of rotatable bonds is 12. The lowest BCUT2D eigenvalue weighted by molar-refractivity contribution is -0.704. The molecule has 0 amide bonds. The first-order valence-electron chi connectivity index (χ1n) is 12.1. The van der Waals surface area contributed by atoms with Crippen molar-refractivity contribution in [1.82, 2.24) is 0 Å². The number of nitrogens with zero attached hydrogens (tertiary/aromatic N) is 1. The van der Waals surface area contributed by atoms with Crippen LogP contribution in [0.15, 0.2) is 79.2 Å². The van der Waals surface area contributed by atoms with Gasteiger partial charge in [0, 0.05) is 38.0 Å². The van der Waals surface area contributed by atoms with Crippen LogP contribution in [0.1, 0.15) is 44.7 Å². The van der Waals surface area contributed by atoms with Crippen LogP contribution in [-0.2, 0) is 35.5 Å². The Labute approximate surface area is 250 Å². The van der Waals surface area contributed by atoms with Crippen LogP contribution in [0.3, 0.4) is 0 Å². The largest absolute Gasteiger partial charge is 0.776 e. The zero-order valence-electron chi connectivity index (χ0n) is 23.6. The highest BCUT2D eigenvalue weighted by Gasteiger charge is 2.57. The monoisotopic (exact) mass is 688 g/mol. The molecule has 2 unspecified atom stereocenters. The minimum atomic E-state index is -5.73. The maximum Gasteiger partial charge on any atom is 0.478 e. The Bertz CT molecular complexity index is 1330. The molecule has 15 nitrogen and oxygen atoms in total. The van der Waals surface area contributed by atoms with E-state index < -0.39 is 42.5 Å². The molecule has 1 aromatic carbocycles. The van der Waals surface area contributed by atoms with E-state index in [4.69, 9.17) is 34.3 Å². The molecule has 43 heavy (non-hydrogen) atoms. The molecule has 2 aromatic rings. The molecule has 8 N–H and O–H groups in total. The van der Waals surface area contributed by atoms with Crippen LogP contribution < -0.4 is 9.46 Å². The smallest absolute Gasteiger partial charge is 0.478 e. The molecule has 242 valence electrons. The predicted octanol–water partition coefficient (Wildman–Crippen LogP) is 2.64. The molecular weight excluding hydrogens is 650 g/mol. The van der Waals surface area contributed by atoms with E-state index in [2.05, 4.69) is 37.7 Å². The highest BCUT2D eigenvalue weighted by atomic mass is 31.3.